The van der Waals surface area contributed by atoms with E-state index in [9.17, 15) is 14.4 Å². The third-order valence-electron chi connectivity index (χ3n) is 5.47. The maximum atomic E-state index is 13.1. The molecule has 1 unspecified atom stereocenters. The fourth-order valence-corrected chi connectivity index (χ4v) is 4.17. The van der Waals surface area contributed by atoms with E-state index in [-0.39, 0.29) is 30.7 Å². The molecule has 0 spiro atoms. The lowest BCUT2D eigenvalue weighted by Crippen LogP contribution is -2.56. The minimum atomic E-state index is -1.04. The van der Waals surface area contributed by atoms with E-state index in [0.29, 0.717) is 36.5 Å². The molecule has 0 radical (unpaired) electrons. The Morgan fingerprint density at radius 2 is 1.89 bits per heavy atom. The molecule has 154 valence electrons. The minimum absolute atomic E-state index is 0.0227. The van der Waals surface area contributed by atoms with Crippen LogP contribution in [-0.4, -0.2) is 60.6 Å². The Morgan fingerprint density at radius 3 is 2.50 bits per heavy atom. The summed E-state index contributed by atoms with van der Waals surface area (Å²) >= 11 is 6.44. The van der Waals surface area contributed by atoms with Crippen molar-refractivity contribution < 1.29 is 14.4 Å². The summed E-state index contributed by atoms with van der Waals surface area (Å²) in [4.78, 5) is 41.5. The Morgan fingerprint density at radius 1 is 1.18 bits per heavy atom. The van der Waals surface area contributed by atoms with Crippen molar-refractivity contribution in [2.75, 3.05) is 33.2 Å². The topological polar surface area (TPSA) is 69.7 Å². The summed E-state index contributed by atoms with van der Waals surface area (Å²) in [6.07, 6.45) is 2.66. The van der Waals surface area contributed by atoms with Crippen LogP contribution < -0.4 is 5.32 Å². The first-order valence-electron chi connectivity index (χ1n) is 9.90. The number of carbonyl (C=O) groups excluding carboxylic acids is 3. The molecular formula is C21H30ClN3O3. The van der Waals surface area contributed by atoms with Gasteiger partial charge in [-0.15, -0.1) is 0 Å². The second-order valence-corrected chi connectivity index (χ2v) is 7.59. The quantitative estimate of drug-likeness (QED) is 0.719. The molecule has 0 bridgehead atoms. The van der Waals surface area contributed by atoms with Crippen LogP contribution in [0.2, 0.25) is 5.02 Å². The molecule has 1 aliphatic rings. The number of halogens is 1. The zero-order valence-electron chi connectivity index (χ0n) is 17.0. The number of ketones is 1. The third-order valence-corrected chi connectivity index (χ3v) is 5.80. The molecule has 0 heterocycles. The average Bonchev–Trinajstić information content (AvgIpc) is 2.68. The van der Waals surface area contributed by atoms with E-state index < -0.39 is 5.54 Å². The molecule has 2 amide bonds. The van der Waals surface area contributed by atoms with Crippen LogP contribution in [0.5, 0.6) is 0 Å². The van der Waals surface area contributed by atoms with Crippen LogP contribution in [0.4, 0.5) is 0 Å². The number of hydrogen-bond donors (Lipinski definition) is 1. The van der Waals surface area contributed by atoms with Crippen molar-refractivity contribution in [1.29, 1.82) is 0 Å². The predicted molar refractivity (Wildman–Crippen MR) is 110 cm³/mol. The number of likely N-dealkylation sites (N-methyl/N-ethyl adjacent to an activating group) is 3. The fraction of sp³-hybridized carbons (Fsp3) is 0.571. The second kappa shape index (κ2) is 10.0. The highest BCUT2D eigenvalue weighted by molar-refractivity contribution is 6.31. The van der Waals surface area contributed by atoms with E-state index >= 15 is 0 Å². The molecular weight excluding hydrogens is 378 g/mol. The first kappa shape index (κ1) is 22.4. The SMILES string of the molecule is CCNC(=O)CN(CC)CC(=O)N(C)C1(c2ccccc2Cl)CCCCC1=O. The molecule has 1 aliphatic carbocycles. The largest absolute Gasteiger partial charge is 0.355 e. The van der Waals surface area contributed by atoms with E-state index in [2.05, 4.69) is 5.32 Å². The fourth-order valence-electron chi connectivity index (χ4n) is 3.88. The summed E-state index contributed by atoms with van der Waals surface area (Å²) in [6, 6.07) is 7.25. The van der Waals surface area contributed by atoms with Gasteiger partial charge in [-0.2, -0.15) is 0 Å². The minimum Gasteiger partial charge on any atom is -0.355 e. The molecule has 2 rings (SSSR count). The maximum Gasteiger partial charge on any atom is 0.237 e. The monoisotopic (exact) mass is 407 g/mol. The highest BCUT2D eigenvalue weighted by atomic mass is 35.5. The molecule has 1 aromatic carbocycles. The van der Waals surface area contributed by atoms with Gasteiger partial charge >= 0.3 is 0 Å². The predicted octanol–water partition coefficient (Wildman–Crippen LogP) is 2.59. The smallest absolute Gasteiger partial charge is 0.237 e. The van der Waals surface area contributed by atoms with Crippen LogP contribution in [0.15, 0.2) is 24.3 Å². The molecule has 0 aromatic heterocycles. The van der Waals surface area contributed by atoms with E-state index in [1.807, 2.05) is 32.0 Å². The summed E-state index contributed by atoms with van der Waals surface area (Å²) in [7, 11) is 1.68. The number of nitrogens with one attached hydrogen (secondary N) is 1. The molecule has 1 N–H and O–H groups in total. The van der Waals surface area contributed by atoms with Crippen LogP contribution >= 0.6 is 11.6 Å². The first-order chi connectivity index (χ1) is 13.4. The zero-order chi connectivity index (χ0) is 20.7. The Balaban J connectivity index is 2.28. The zero-order valence-corrected chi connectivity index (χ0v) is 17.7. The maximum absolute atomic E-state index is 13.1. The van der Waals surface area contributed by atoms with Crippen molar-refractivity contribution in [3.63, 3.8) is 0 Å². The highest BCUT2D eigenvalue weighted by Gasteiger charge is 2.47. The molecule has 1 atom stereocenters. The number of benzene rings is 1. The van der Waals surface area contributed by atoms with E-state index in [1.54, 1.807) is 22.9 Å². The number of hydrogen-bond acceptors (Lipinski definition) is 4. The van der Waals surface area contributed by atoms with Crippen LogP contribution in [-0.2, 0) is 19.9 Å². The summed E-state index contributed by atoms with van der Waals surface area (Å²) in [5.74, 6) is -0.287. The molecule has 6 nitrogen and oxygen atoms in total. The van der Waals surface area contributed by atoms with Crippen LogP contribution in [0.25, 0.3) is 0 Å². The van der Waals surface area contributed by atoms with Gasteiger partial charge in [0.05, 0.1) is 13.1 Å². The number of Topliss-reactive ketones (excluding diaryl/α,β-unsaturated/α-hetero) is 1. The normalized spacial score (nSPS) is 19.5. The highest BCUT2D eigenvalue weighted by Crippen LogP contribution is 2.42. The summed E-state index contributed by atoms with van der Waals surface area (Å²) < 4.78 is 0. The van der Waals surface area contributed by atoms with Gasteiger partial charge in [0.1, 0.15) is 5.54 Å². The van der Waals surface area contributed by atoms with Gasteiger partial charge in [-0.1, -0.05) is 36.7 Å². The van der Waals surface area contributed by atoms with Crippen molar-refractivity contribution in [3.8, 4) is 0 Å². The van der Waals surface area contributed by atoms with Crippen molar-refractivity contribution in [3.05, 3.63) is 34.9 Å². The van der Waals surface area contributed by atoms with Gasteiger partial charge in [-0.3, -0.25) is 19.3 Å². The van der Waals surface area contributed by atoms with E-state index in [0.717, 1.165) is 12.8 Å². The van der Waals surface area contributed by atoms with Gasteiger partial charge in [0.15, 0.2) is 5.78 Å². The van der Waals surface area contributed by atoms with Crippen molar-refractivity contribution in [1.82, 2.24) is 15.1 Å². The van der Waals surface area contributed by atoms with Crippen molar-refractivity contribution in [2.24, 2.45) is 0 Å². The summed E-state index contributed by atoms with van der Waals surface area (Å²) in [6.45, 7) is 5.09. The van der Waals surface area contributed by atoms with Gasteiger partial charge in [0.2, 0.25) is 11.8 Å². The summed E-state index contributed by atoms with van der Waals surface area (Å²) in [5.41, 5.74) is -0.359. The number of nitrogens with zero attached hydrogens (tertiary/aromatic N) is 2. The Bertz CT molecular complexity index is 725. The molecule has 0 aliphatic heterocycles. The first-order valence-corrected chi connectivity index (χ1v) is 10.3. The number of rotatable bonds is 8. The van der Waals surface area contributed by atoms with Gasteiger partial charge in [0, 0.05) is 30.6 Å². The van der Waals surface area contributed by atoms with Crippen molar-refractivity contribution in [2.45, 2.75) is 45.1 Å². The average molecular weight is 408 g/mol. The molecule has 28 heavy (non-hydrogen) atoms. The van der Waals surface area contributed by atoms with Gasteiger partial charge in [-0.25, -0.2) is 0 Å². The van der Waals surface area contributed by atoms with Crippen LogP contribution in [0.3, 0.4) is 0 Å². The molecule has 1 aromatic rings. The molecule has 1 saturated carbocycles. The van der Waals surface area contributed by atoms with E-state index in [4.69, 9.17) is 11.6 Å². The number of amides is 2. The lowest BCUT2D eigenvalue weighted by Gasteiger charge is -2.44. The lowest BCUT2D eigenvalue weighted by molar-refractivity contribution is -0.149. The van der Waals surface area contributed by atoms with E-state index in [1.165, 1.54) is 0 Å². The third kappa shape index (κ3) is 4.73. The summed E-state index contributed by atoms with van der Waals surface area (Å²) in [5, 5.41) is 3.24. The molecule has 7 heteroatoms. The standard InChI is InChI=1S/C21H30ClN3O3/c1-4-23-19(27)14-25(5-2)15-20(28)24(3)21(13-9-8-12-18(21)26)16-10-6-7-11-17(16)22/h6-7,10-11H,4-5,8-9,12-15H2,1-3H3,(H,23,27). The van der Waals surface area contributed by atoms with Crippen LogP contribution in [0.1, 0.15) is 45.1 Å². The molecule has 0 saturated heterocycles. The Labute approximate surface area is 172 Å². The molecule has 1 fully saturated rings. The van der Waals surface area contributed by atoms with Gasteiger partial charge in [-0.05, 0) is 38.8 Å². The Hall–Kier alpha value is -1.92. The number of carbonyl (C=O) groups is 3. The van der Waals surface area contributed by atoms with Crippen LogP contribution in [0, 0.1) is 0 Å². The van der Waals surface area contributed by atoms with Gasteiger partial charge in [0.25, 0.3) is 0 Å². The second-order valence-electron chi connectivity index (χ2n) is 7.18. The van der Waals surface area contributed by atoms with Gasteiger partial charge < -0.3 is 10.2 Å². The lowest BCUT2D eigenvalue weighted by atomic mass is 9.74. The Kier molecular flexibility index (Phi) is 8.01. The van der Waals surface area contributed by atoms with Crippen molar-refractivity contribution >= 4 is 29.2 Å².